The SMILES string of the molecule is NC(=O)N1CCCC(C(=O)N[C@@H](CCO)C(=O)O)C1. The van der Waals surface area contributed by atoms with Gasteiger partial charge in [0.1, 0.15) is 6.04 Å². The molecule has 1 saturated heterocycles. The largest absolute Gasteiger partial charge is 0.480 e. The molecule has 3 amide bonds. The summed E-state index contributed by atoms with van der Waals surface area (Å²) in [6, 6.07) is -1.69. The predicted octanol–water partition coefficient (Wildman–Crippen LogP) is -1.27. The third kappa shape index (κ3) is 4.40. The zero-order valence-corrected chi connectivity index (χ0v) is 10.5. The Morgan fingerprint density at radius 1 is 1.42 bits per heavy atom. The zero-order chi connectivity index (χ0) is 14.4. The molecule has 8 heteroatoms. The van der Waals surface area contributed by atoms with Crippen molar-refractivity contribution in [1.82, 2.24) is 10.2 Å². The van der Waals surface area contributed by atoms with Crippen LogP contribution in [0.3, 0.4) is 0 Å². The molecule has 1 rings (SSSR count). The van der Waals surface area contributed by atoms with Crippen LogP contribution >= 0.6 is 0 Å². The Morgan fingerprint density at radius 3 is 2.63 bits per heavy atom. The molecule has 1 unspecified atom stereocenters. The molecule has 1 aliphatic rings. The number of primary amides is 1. The summed E-state index contributed by atoms with van der Waals surface area (Å²) in [6.45, 7) is 0.389. The summed E-state index contributed by atoms with van der Waals surface area (Å²) in [5.74, 6) is -2.07. The Labute approximate surface area is 110 Å². The number of hydrogen-bond donors (Lipinski definition) is 4. The second-order valence-electron chi connectivity index (χ2n) is 4.54. The topological polar surface area (TPSA) is 133 Å². The molecule has 0 saturated carbocycles. The van der Waals surface area contributed by atoms with Crippen LogP contribution in [0.4, 0.5) is 4.79 Å². The molecule has 1 aliphatic heterocycles. The molecule has 108 valence electrons. The number of hydrogen-bond acceptors (Lipinski definition) is 4. The predicted molar refractivity (Wildman–Crippen MR) is 65.1 cm³/mol. The third-order valence-corrected chi connectivity index (χ3v) is 3.14. The van der Waals surface area contributed by atoms with Crippen LogP contribution < -0.4 is 11.1 Å². The molecule has 8 nitrogen and oxygen atoms in total. The second-order valence-corrected chi connectivity index (χ2v) is 4.54. The van der Waals surface area contributed by atoms with E-state index in [4.69, 9.17) is 15.9 Å². The van der Waals surface area contributed by atoms with Gasteiger partial charge in [-0.05, 0) is 12.8 Å². The van der Waals surface area contributed by atoms with Crippen molar-refractivity contribution in [1.29, 1.82) is 0 Å². The summed E-state index contributed by atoms with van der Waals surface area (Å²) < 4.78 is 0. The van der Waals surface area contributed by atoms with Crippen LogP contribution in [-0.4, -0.2) is 58.8 Å². The molecule has 0 spiro atoms. The first-order valence-corrected chi connectivity index (χ1v) is 6.14. The summed E-state index contributed by atoms with van der Waals surface area (Å²) in [5, 5.41) is 20.0. The highest BCUT2D eigenvalue weighted by molar-refractivity contribution is 5.85. The minimum atomic E-state index is -1.19. The fourth-order valence-electron chi connectivity index (χ4n) is 2.07. The number of aliphatic hydroxyl groups is 1. The molecular formula is C11H19N3O5. The normalized spacial score (nSPS) is 20.7. The number of nitrogens with one attached hydrogen (secondary N) is 1. The number of carboxylic acid groups (broad SMARTS) is 1. The highest BCUT2D eigenvalue weighted by atomic mass is 16.4. The van der Waals surface area contributed by atoms with E-state index in [2.05, 4.69) is 5.32 Å². The summed E-state index contributed by atoms with van der Waals surface area (Å²) >= 11 is 0. The molecule has 2 atom stereocenters. The second kappa shape index (κ2) is 6.93. The van der Waals surface area contributed by atoms with E-state index in [9.17, 15) is 14.4 Å². The van der Waals surface area contributed by atoms with Gasteiger partial charge in [0, 0.05) is 26.1 Å². The number of carbonyl (C=O) groups is 3. The molecule has 5 N–H and O–H groups in total. The summed E-state index contributed by atoms with van der Waals surface area (Å²) in [7, 11) is 0. The molecule has 1 heterocycles. The van der Waals surface area contributed by atoms with Gasteiger partial charge in [-0.1, -0.05) is 0 Å². The van der Waals surface area contributed by atoms with Gasteiger partial charge in [0.05, 0.1) is 5.92 Å². The number of likely N-dealkylation sites (tertiary alicyclic amines) is 1. The molecule has 0 bridgehead atoms. The quantitative estimate of drug-likeness (QED) is 0.495. The van der Waals surface area contributed by atoms with Crippen molar-refractivity contribution in [2.45, 2.75) is 25.3 Å². The Kier molecular flexibility index (Phi) is 5.56. The van der Waals surface area contributed by atoms with E-state index in [0.29, 0.717) is 19.4 Å². The van der Waals surface area contributed by atoms with Crippen molar-refractivity contribution < 1.29 is 24.6 Å². The standard InChI is InChI=1S/C11H19N3O5/c12-11(19)14-4-1-2-7(6-14)9(16)13-8(3-5-15)10(17)18/h7-8,15H,1-6H2,(H2,12,19)(H,13,16)(H,17,18)/t7?,8-/m0/s1. The Bertz CT molecular complexity index is 360. The molecule has 0 aliphatic carbocycles. The van der Waals surface area contributed by atoms with E-state index < -0.39 is 29.9 Å². The number of piperidine rings is 1. The number of urea groups is 1. The summed E-state index contributed by atoms with van der Waals surface area (Å²) in [5.41, 5.74) is 5.15. The van der Waals surface area contributed by atoms with Gasteiger partial charge in [0.25, 0.3) is 0 Å². The van der Waals surface area contributed by atoms with Crippen LogP contribution in [0, 0.1) is 5.92 Å². The van der Waals surface area contributed by atoms with E-state index in [1.807, 2.05) is 0 Å². The Hall–Kier alpha value is -1.83. The van der Waals surface area contributed by atoms with E-state index in [1.54, 1.807) is 0 Å². The van der Waals surface area contributed by atoms with E-state index in [1.165, 1.54) is 4.90 Å². The number of aliphatic carboxylic acids is 1. The molecule has 19 heavy (non-hydrogen) atoms. The molecular weight excluding hydrogens is 254 g/mol. The third-order valence-electron chi connectivity index (χ3n) is 3.14. The smallest absolute Gasteiger partial charge is 0.326 e. The fourth-order valence-corrected chi connectivity index (χ4v) is 2.07. The lowest BCUT2D eigenvalue weighted by atomic mass is 9.97. The monoisotopic (exact) mass is 273 g/mol. The molecule has 0 aromatic carbocycles. The number of nitrogens with two attached hydrogens (primary N) is 1. The first kappa shape index (κ1) is 15.2. The Balaban J connectivity index is 2.56. The lowest BCUT2D eigenvalue weighted by molar-refractivity contribution is -0.143. The zero-order valence-electron chi connectivity index (χ0n) is 10.5. The van der Waals surface area contributed by atoms with Gasteiger partial charge in [-0.25, -0.2) is 9.59 Å². The van der Waals surface area contributed by atoms with Crippen LogP contribution in [0.5, 0.6) is 0 Å². The van der Waals surface area contributed by atoms with Crippen LogP contribution in [0.15, 0.2) is 0 Å². The fraction of sp³-hybridized carbons (Fsp3) is 0.727. The van der Waals surface area contributed by atoms with Crippen molar-refractivity contribution in [3.8, 4) is 0 Å². The van der Waals surface area contributed by atoms with Gasteiger partial charge in [-0.15, -0.1) is 0 Å². The van der Waals surface area contributed by atoms with Crippen molar-refractivity contribution in [3.05, 3.63) is 0 Å². The first-order valence-electron chi connectivity index (χ1n) is 6.14. The number of carbonyl (C=O) groups excluding carboxylic acids is 2. The first-order chi connectivity index (χ1) is 8.95. The van der Waals surface area contributed by atoms with E-state index in [0.717, 1.165) is 0 Å². The van der Waals surface area contributed by atoms with Gasteiger partial charge in [0.2, 0.25) is 5.91 Å². The highest BCUT2D eigenvalue weighted by Gasteiger charge is 2.30. The summed E-state index contributed by atoms with van der Waals surface area (Å²) in [4.78, 5) is 35.2. The van der Waals surface area contributed by atoms with Gasteiger partial charge < -0.3 is 26.2 Å². The van der Waals surface area contributed by atoms with E-state index in [-0.39, 0.29) is 19.6 Å². The maximum absolute atomic E-state index is 11.9. The maximum atomic E-state index is 11.9. The van der Waals surface area contributed by atoms with Crippen LogP contribution in [0.2, 0.25) is 0 Å². The minimum absolute atomic E-state index is 0.0483. The molecule has 0 aromatic heterocycles. The lowest BCUT2D eigenvalue weighted by Crippen LogP contribution is -2.50. The van der Waals surface area contributed by atoms with Crippen molar-refractivity contribution in [2.75, 3.05) is 19.7 Å². The van der Waals surface area contributed by atoms with Crippen molar-refractivity contribution >= 4 is 17.9 Å². The van der Waals surface area contributed by atoms with Gasteiger partial charge in [0.15, 0.2) is 0 Å². The van der Waals surface area contributed by atoms with Gasteiger partial charge in [-0.3, -0.25) is 4.79 Å². The number of aliphatic hydroxyl groups excluding tert-OH is 1. The van der Waals surface area contributed by atoms with Gasteiger partial charge in [-0.2, -0.15) is 0 Å². The number of amides is 3. The van der Waals surface area contributed by atoms with Crippen molar-refractivity contribution in [3.63, 3.8) is 0 Å². The highest BCUT2D eigenvalue weighted by Crippen LogP contribution is 2.16. The van der Waals surface area contributed by atoms with Crippen LogP contribution in [0.25, 0.3) is 0 Å². The average Bonchev–Trinajstić information content (AvgIpc) is 2.38. The molecule has 0 radical (unpaired) electrons. The minimum Gasteiger partial charge on any atom is -0.480 e. The van der Waals surface area contributed by atoms with Gasteiger partial charge >= 0.3 is 12.0 Å². The number of carboxylic acids is 1. The van der Waals surface area contributed by atoms with Crippen molar-refractivity contribution in [2.24, 2.45) is 11.7 Å². The molecule has 1 fully saturated rings. The summed E-state index contributed by atoms with van der Waals surface area (Å²) in [6.07, 6.45) is 1.19. The van der Waals surface area contributed by atoms with Crippen LogP contribution in [-0.2, 0) is 9.59 Å². The average molecular weight is 273 g/mol. The molecule has 0 aromatic rings. The lowest BCUT2D eigenvalue weighted by Gasteiger charge is -2.31. The maximum Gasteiger partial charge on any atom is 0.326 e. The number of nitrogens with zero attached hydrogens (tertiary/aromatic N) is 1. The van der Waals surface area contributed by atoms with E-state index >= 15 is 0 Å². The number of rotatable bonds is 5. The van der Waals surface area contributed by atoms with Crippen LogP contribution in [0.1, 0.15) is 19.3 Å². The Morgan fingerprint density at radius 2 is 2.11 bits per heavy atom.